The van der Waals surface area contributed by atoms with Gasteiger partial charge in [-0.25, -0.2) is 9.59 Å². The number of hydrogen-bond acceptors (Lipinski definition) is 17. The zero-order chi connectivity index (χ0) is 50.0. The Morgan fingerprint density at radius 2 is 1.71 bits per heavy atom. The van der Waals surface area contributed by atoms with E-state index < -0.39 is 64.6 Å². The largest absolute Gasteiger partial charge is 0.504 e. The van der Waals surface area contributed by atoms with E-state index in [4.69, 9.17) is 37.9 Å². The van der Waals surface area contributed by atoms with Gasteiger partial charge in [0.05, 0.1) is 49.7 Å². The highest BCUT2D eigenvalue weighted by Gasteiger charge is 2.64. The zero-order valence-electron chi connectivity index (χ0n) is 41.3. The maximum Gasteiger partial charge on any atom is 0.411 e. The molecule has 0 aliphatic carbocycles. The van der Waals surface area contributed by atoms with Gasteiger partial charge in [0.2, 0.25) is 6.79 Å². The number of thioether (sulfide) groups is 1. The first-order valence-corrected chi connectivity index (χ1v) is 25.2. The van der Waals surface area contributed by atoms with Crippen LogP contribution in [0.4, 0.5) is 4.79 Å². The number of aromatic hydroxyl groups is 1. The molecule has 7 heterocycles. The van der Waals surface area contributed by atoms with Crippen molar-refractivity contribution >= 4 is 35.8 Å². The minimum atomic E-state index is -1.52. The summed E-state index contributed by atoms with van der Waals surface area (Å²) in [4.78, 5) is 60.2. The predicted molar refractivity (Wildman–Crippen MR) is 256 cm³/mol. The molecule has 7 aliphatic rings. The third kappa shape index (κ3) is 8.20. The van der Waals surface area contributed by atoms with Crippen LogP contribution >= 0.6 is 11.8 Å². The van der Waals surface area contributed by atoms with Crippen molar-refractivity contribution in [1.29, 1.82) is 5.26 Å². The van der Waals surface area contributed by atoms with Gasteiger partial charge >= 0.3 is 24.0 Å². The zero-order valence-corrected chi connectivity index (χ0v) is 42.1. The summed E-state index contributed by atoms with van der Waals surface area (Å²) in [5.74, 6) is -0.0312. The van der Waals surface area contributed by atoms with E-state index in [1.165, 1.54) is 32.9 Å². The number of nitrogens with zero attached hydrogens (tertiary/aromatic N) is 3. The first kappa shape index (κ1) is 49.1. The fraction of sp³-hybridized carbons (Fsp3) is 0.558. The number of unbranched alkanes of at least 4 members (excludes halogenated alkanes) is 4. The van der Waals surface area contributed by atoms with Crippen LogP contribution in [0.5, 0.6) is 40.2 Å². The van der Waals surface area contributed by atoms with E-state index in [-0.39, 0.29) is 66.7 Å². The Bertz CT molecular complexity index is 2680. The number of carbonyl (C=O) groups is 4. The van der Waals surface area contributed by atoms with Crippen molar-refractivity contribution < 1.29 is 62.2 Å². The Kier molecular flexibility index (Phi) is 13.3. The highest BCUT2D eigenvalue weighted by molar-refractivity contribution is 7.99. The normalized spacial score (nSPS) is 25.1. The molecule has 1 unspecified atom stereocenters. The second-order valence-electron chi connectivity index (χ2n) is 19.9. The van der Waals surface area contributed by atoms with Crippen LogP contribution in [0.3, 0.4) is 0 Å². The highest BCUT2D eigenvalue weighted by Crippen LogP contribution is 2.65. The smallest absolute Gasteiger partial charge is 0.411 e. The molecule has 1 amide bonds. The fourth-order valence-electron chi connectivity index (χ4n) is 11.6. The average Bonchev–Trinajstić information content (AvgIpc) is 3.80. The number of fused-ring (bicyclic) bond motifs is 9. The molecule has 4 bridgehead atoms. The maximum atomic E-state index is 15.3. The Balaban J connectivity index is 1.25. The number of phenolic OH excluding ortho intramolecular Hbond substituents is 1. The van der Waals surface area contributed by atoms with Gasteiger partial charge in [-0.15, -0.1) is 11.8 Å². The number of nitriles is 1. The maximum absolute atomic E-state index is 15.3. The van der Waals surface area contributed by atoms with Crippen molar-refractivity contribution in [1.82, 2.24) is 15.1 Å². The molecular weight excluding hydrogens is 921 g/mol. The third-order valence-corrected chi connectivity index (χ3v) is 15.9. The van der Waals surface area contributed by atoms with Crippen LogP contribution < -0.4 is 33.7 Å². The molecule has 2 fully saturated rings. The quantitative estimate of drug-likeness (QED) is 0.113. The van der Waals surface area contributed by atoms with Gasteiger partial charge in [-0.05, 0) is 88.3 Å². The number of phenols is 1. The number of nitrogens with one attached hydrogen (secondary N) is 1. The van der Waals surface area contributed by atoms with Gasteiger partial charge in [0.25, 0.3) is 0 Å². The Hall–Kier alpha value is -5.90. The van der Waals surface area contributed by atoms with E-state index in [0.717, 1.165) is 36.8 Å². The molecular formula is C52H62N4O13S. The number of esters is 3. The second kappa shape index (κ2) is 19.0. The van der Waals surface area contributed by atoms with Crippen LogP contribution in [-0.4, -0.2) is 103 Å². The molecule has 17 nitrogen and oxygen atoms in total. The number of hydrogen-bond donors (Lipinski definition) is 2. The molecule has 0 aromatic heterocycles. The van der Waals surface area contributed by atoms with E-state index in [1.807, 2.05) is 17.9 Å². The van der Waals surface area contributed by atoms with Crippen molar-refractivity contribution in [2.45, 2.75) is 146 Å². The monoisotopic (exact) mass is 982 g/mol. The van der Waals surface area contributed by atoms with E-state index >= 15 is 4.79 Å². The number of aryl methyl sites for hydroxylation is 1. The summed E-state index contributed by atoms with van der Waals surface area (Å²) < 4.78 is 48.9. The molecule has 2 N–H and O–H groups in total. The standard InChI is InChI=1S/C52H62N4O13S/c1-10-11-12-13-14-15-37(58)68-36-20-29-16-17-54-52(31(29)21-35(36)62-8)24-70-48-40-39(47-46(65-25-66-47)27(3)45(40)67-28(4)57)34(23-64-49(52)60)55-33(22-53)32-19-30-18-26(2)44(63-9)43(59)38(30)41(42(48)55)56(32)50(61)69-51(5,6)7/h18,20-21,32-34,41-42,48,54,59H,10-17,19,23-25H2,1-9H3/t32-,33+,34+,41-,42?,48-,52-/m1/s1. The van der Waals surface area contributed by atoms with Crippen molar-refractivity contribution in [3.63, 3.8) is 0 Å². The topological polar surface area (TPSA) is 205 Å². The van der Waals surface area contributed by atoms with Crippen LogP contribution in [0, 0.1) is 25.2 Å². The van der Waals surface area contributed by atoms with E-state index in [2.05, 4.69) is 18.3 Å². The summed E-state index contributed by atoms with van der Waals surface area (Å²) in [5, 5.41) is 26.6. The molecule has 3 aromatic rings. The summed E-state index contributed by atoms with van der Waals surface area (Å²) in [5.41, 5.74) is 2.25. The molecule has 0 saturated carbocycles. The molecule has 18 heteroatoms. The van der Waals surface area contributed by atoms with Gasteiger partial charge in [0.15, 0.2) is 40.0 Å². The number of ether oxygens (including phenoxy) is 8. The van der Waals surface area contributed by atoms with Crippen LogP contribution in [0.2, 0.25) is 0 Å². The van der Waals surface area contributed by atoms with Gasteiger partial charge in [-0.3, -0.25) is 24.7 Å². The third-order valence-electron chi connectivity index (χ3n) is 14.4. The number of methoxy groups -OCH3 is 2. The molecule has 3 aromatic carbocycles. The Morgan fingerprint density at radius 3 is 2.41 bits per heavy atom. The lowest BCUT2D eigenvalue weighted by Gasteiger charge is -2.62. The van der Waals surface area contributed by atoms with Crippen molar-refractivity contribution in [3.8, 4) is 46.3 Å². The van der Waals surface area contributed by atoms with Gasteiger partial charge in [-0.2, -0.15) is 5.26 Å². The molecule has 1 spiro atoms. The number of amides is 1. The van der Waals surface area contributed by atoms with E-state index in [1.54, 1.807) is 44.7 Å². The lowest BCUT2D eigenvalue weighted by molar-refractivity contribution is -0.157. The summed E-state index contributed by atoms with van der Waals surface area (Å²) in [6.45, 7) is 12.3. The average molecular weight is 983 g/mol. The van der Waals surface area contributed by atoms with Crippen molar-refractivity contribution in [2.75, 3.05) is 39.9 Å². The Labute approximate surface area is 412 Å². The predicted octanol–water partition coefficient (Wildman–Crippen LogP) is 7.85. The summed E-state index contributed by atoms with van der Waals surface area (Å²) in [7, 11) is 2.95. The SMILES string of the molecule is CCCCCCCC(=O)Oc1cc2c(cc1OC)[C@@]1(CS[C@@H]3c4c(OC(C)=O)c(C)c5c(c4[C@H](COC1=O)N1C3[C@H]3c4c(cc(C)c(OC)c4O)C[C@H]([C@@H]1C#N)N3C(=O)OC(C)(C)C)OCO5)NCC2. The lowest BCUT2D eigenvalue weighted by atomic mass is 9.71. The molecule has 70 heavy (non-hydrogen) atoms. The van der Waals surface area contributed by atoms with Crippen LogP contribution in [0.1, 0.15) is 135 Å². The molecule has 374 valence electrons. The minimum Gasteiger partial charge on any atom is -0.504 e. The minimum absolute atomic E-state index is 0.000854. The van der Waals surface area contributed by atoms with Crippen molar-refractivity contribution in [2.24, 2.45) is 0 Å². The first-order chi connectivity index (χ1) is 33.5. The number of benzene rings is 3. The number of piperazine rings is 1. The van der Waals surface area contributed by atoms with Gasteiger partial charge in [0, 0.05) is 47.9 Å². The highest BCUT2D eigenvalue weighted by atomic mass is 32.2. The first-order valence-electron chi connectivity index (χ1n) is 24.2. The summed E-state index contributed by atoms with van der Waals surface area (Å²) in [6.07, 6.45) is 5.11. The lowest BCUT2D eigenvalue weighted by Crippen LogP contribution is -2.71. The van der Waals surface area contributed by atoms with Gasteiger partial charge < -0.3 is 43.0 Å². The molecule has 2 saturated heterocycles. The molecule has 7 atom stereocenters. The number of rotatable bonds is 10. The summed E-state index contributed by atoms with van der Waals surface area (Å²) in [6, 6.07) is 3.30. The van der Waals surface area contributed by atoms with Crippen molar-refractivity contribution in [3.05, 3.63) is 62.7 Å². The molecule has 0 radical (unpaired) electrons. The van der Waals surface area contributed by atoms with Gasteiger partial charge in [0.1, 0.15) is 24.0 Å². The van der Waals surface area contributed by atoms with Crippen LogP contribution in [-0.2, 0) is 42.2 Å². The second-order valence-corrected chi connectivity index (χ2v) is 21.1. The summed E-state index contributed by atoms with van der Waals surface area (Å²) >= 11 is 1.35. The molecule has 10 rings (SSSR count). The van der Waals surface area contributed by atoms with Crippen LogP contribution in [0.15, 0.2) is 18.2 Å². The van der Waals surface area contributed by atoms with Crippen LogP contribution in [0.25, 0.3) is 0 Å². The van der Waals surface area contributed by atoms with E-state index in [0.29, 0.717) is 64.3 Å². The fourth-order valence-corrected chi connectivity index (χ4v) is 13.3. The Morgan fingerprint density at radius 1 is 0.957 bits per heavy atom. The molecule has 7 aliphatic heterocycles. The van der Waals surface area contributed by atoms with E-state index in [9.17, 15) is 24.8 Å². The van der Waals surface area contributed by atoms with Gasteiger partial charge in [-0.1, -0.05) is 38.7 Å². The number of carbonyl (C=O) groups excluding carboxylic acids is 4.